The molecule has 1 rings (SSSR count). The maximum atomic E-state index is 5.69. The van der Waals surface area contributed by atoms with Crippen LogP contribution in [0.15, 0.2) is 0 Å². The molecule has 3 unspecified atom stereocenters. The fourth-order valence-electron chi connectivity index (χ4n) is 3.54. The van der Waals surface area contributed by atoms with E-state index in [1.807, 2.05) is 0 Å². The van der Waals surface area contributed by atoms with Crippen molar-refractivity contribution in [3.8, 4) is 0 Å². The largest absolute Gasteiger partial charge is 0.330 e. The average molecular weight is 211 g/mol. The molecule has 1 aliphatic rings. The second-order valence-corrected chi connectivity index (χ2v) is 5.58. The summed E-state index contributed by atoms with van der Waals surface area (Å²) >= 11 is 0. The zero-order valence-corrected chi connectivity index (χ0v) is 10.8. The first-order valence-corrected chi connectivity index (χ1v) is 6.90. The summed E-state index contributed by atoms with van der Waals surface area (Å²) in [6.45, 7) is 8.07. The Hall–Kier alpha value is -0.0400. The summed E-state index contributed by atoms with van der Waals surface area (Å²) in [5.74, 6) is 3.72. The minimum Gasteiger partial charge on any atom is -0.330 e. The van der Waals surface area contributed by atoms with Gasteiger partial charge in [0.1, 0.15) is 0 Å². The summed E-state index contributed by atoms with van der Waals surface area (Å²) in [7, 11) is 0. The normalized spacial score (nSPS) is 34.0. The summed E-state index contributed by atoms with van der Waals surface area (Å²) in [6.07, 6.45) is 8.35. The standard InChI is InChI=1S/C14H29N/c1-4-6-13-11(2)7-5-8-14(13)12(3)9-10-15/h11-14H,4-10,15H2,1-3H3/t11?,12?,13?,14-/m0/s1. The monoisotopic (exact) mass is 211 g/mol. The molecule has 0 radical (unpaired) electrons. The fourth-order valence-corrected chi connectivity index (χ4v) is 3.54. The third-order valence-electron chi connectivity index (χ3n) is 4.45. The quantitative estimate of drug-likeness (QED) is 0.735. The molecule has 0 spiro atoms. The zero-order chi connectivity index (χ0) is 11.3. The minimum absolute atomic E-state index is 0.842. The van der Waals surface area contributed by atoms with Crippen molar-refractivity contribution in [2.75, 3.05) is 6.54 Å². The van der Waals surface area contributed by atoms with Crippen molar-refractivity contribution in [2.24, 2.45) is 29.4 Å². The molecule has 1 fully saturated rings. The molecule has 0 aromatic heterocycles. The Kier molecular flexibility index (Phi) is 5.66. The van der Waals surface area contributed by atoms with Crippen molar-refractivity contribution in [2.45, 2.75) is 59.3 Å². The van der Waals surface area contributed by atoms with Crippen LogP contribution < -0.4 is 5.73 Å². The Balaban J connectivity index is 2.56. The Bertz CT molecular complexity index is 167. The first-order valence-electron chi connectivity index (χ1n) is 6.90. The van der Waals surface area contributed by atoms with Crippen molar-refractivity contribution in [3.63, 3.8) is 0 Å². The Morgan fingerprint density at radius 3 is 2.67 bits per heavy atom. The second-order valence-electron chi connectivity index (χ2n) is 5.58. The average Bonchev–Trinajstić information content (AvgIpc) is 2.21. The van der Waals surface area contributed by atoms with Gasteiger partial charge in [0, 0.05) is 0 Å². The summed E-state index contributed by atoms with van der Waals surface area (Å²) in [6, 6.07) is 0. The van der Waals surface area contributed by atoms with Crippen molar-refractivity contribution >= 4 is 0 Å². The Morgan fingerprint density at radius 1 is 1.33 bits per heavy atom. The molecule has 0 aromatic rings. The molecule has 1 heteroatoms. The topological polar surface area (TPSA) is 26.0 Å². The van der Waals surface area contributed by atoms with E-state index in [9.17, 15) is 0 Å². The molecule has 0 aromatic carbocycles. The van der Waals surface area contributed by atoms with E-state index in [4.69, 9.17) is 5.73 Å². The lowest BCUT2D eigenvalue weighted by atomic mass is 9.66. The molecule has 0 amide bonds. The third kappa shape index (κ3) is 3.48. The van der Waals surface area contributed by atoms with Crippen LogP contribution in [0.2, 0.25) is 0 Å². The van der Waals surface area contributed by atoms with Gasteiger partial charge in [-0.2, -0.15) is 0 Å². The van der Waals surface area contributed by atoms with Crippen LogP contribution in [0.4, 0.5) is 0 Å². The molecule has 1 aliphatic carbocycles. The van der Waals surface area contributed by atoms with Gasteiger partial charge in [-0.05, 0) is 43.1 Å². The van der Waals surface area contributed by atoms with Crippen LogP contribution >= 0.6 is 0 Å². The van der Waals surface area contributed by atoms with E-state index in [-0.39, 0.29) is 0 Å². The molecule has 2 N–H and O–H groups in total. The molecule has 0 aliphatic heterocycles. The highest BCUT2D eigenvalue weighted by Gasteiger charge is 2.32. The number of nitrogens with two attached hydrogens (primary N) is 1. The first-order chi connectivity index (χ1) is 7.20. The van der Waals surface area contributed by atoms with Gasteiger partial charge in [-0.15, -0.1) is 0 Å². The molecule has 1 saturated carbocycles. The van der Waals surface area contributed by atoms with Gasteiger partial charge in [-0.3, -0.25) is 0 Å². The summed E-state index contributed by atoms with van der Waals surface area (Å²) < 4.78 is 0. The molecule has 90 valence electrons. The smallest absolute Gasteiger partial charge is 0.00746 e. The number of rotatable bonds is 5. The van der Waals surface area contributed by atoms with Crippen LogP contribution in [0, 0.1) is 23.7 Å². The predicted molar refractivity (Wildman–Crippen MR) is 67.7 cm³/mol. The molecule has 0 heterocycles. The van der Waals surface area contributed by atoms with E-state index in [2.05, 4.69) is 20.8 Å². The highest BCUT2D eigenvalue weighted by Crippen LogP contribution is 2.42. The molecular weight excluding hydrogens is 182 g/mol. The van der Waals surface area contributed by atoms with Gasteiger partial charge in [0.05, 0.1) is 0 Å². The molecule has 15 heavy (non-hydrogen) atoms. The lowest BCUT2D eigenvalue weighted by Gasteiger charge is -2.40. The van der Waals surface area contributed by atoms with E-state index in [0.717, 1.165) is 30.2 Å². The van der Waals surface area contributed by atoms with Gasteiger partial charge in [-0.1, -0.05) is 46.5 Å². The second kappa shape index (κ2) is 6.52. The maximum absolute atomic E-state index is 5.69. The summed E-state index contributed by atoms with van der Waals surface area (Å²) in [5.41, 5.74) is 5.69. The predicted octanol–water partition coefficient (Wildman–Crippen LogP) is 3.82. The van der Waals surface area contributed by atoms with Gasteiger partial charge in [-0.25, -0.2) is 0 Å². The van der Waals surface area contributed by atoms with Crippen LogP contribution in [-0.4, -0.2) is 6.54 Å². The Morgan fingerprint density at radius 2 is 2.07 bits per heavy atom. The number of hydrogen-bond donors (Lipinski definition) is 1. The van der Waals surface area contributed by atoms with E-state index >= 15 is 0 Å². The molecule has 0 saturated heterocycles. The van der Waals surface area contributed by atoms with E-state index in [0.29, 0.717) is 0 Å². The highest BCUT2D eigenvalue weighted by atomic mass is 14.5. The summed E-state index contributed by atoms with van der Waals surface area (Å²) in [4.78, 5) is 0. The van der Waals surface area contributed by atoms with Crippen molar-refractivity contribution in [1.29, 1.82) is 0 Å². The van der Waals surface area contributed by atoms with Crippen molar-refractivity contribution in [3.05, 3.63) is 0 Å². The zero-order valence-electron chi connectivity index (χ0n) is 10.8. The van der Waals surface area contributed by atoms with Crippen LogP contribution in [0.5, 0.6) is 0 Å². The molecule has 1 nitrogen and oxygen atoms in total. The SMILES string of the molecule is CCCC1C(C)CCC[C@H]1C(C)CCN. The van der Waals surface area contributed by atoms with Gasteiger partial charge in [0.25, 0.3) is 0 Å². The lowest BCUT2D eigenvalue weighted by molar-refractivity contribution is 0.104. The van der Waals surface area contributed by atoms with Crippen LogP contribution in [0.25, 0.3) is 0 Å². The maximum Gasteiger partial charge on any atom is -0.00746 e. The highest BCUT2D eigenvalue weighted by molar-refractivity contribution is 4.83. The summed E-state index contributed by atoms with van der Waals surface area (Å²) in [5, 5.41) is 0. The lowest BCUT2D eigenvalue weighted by Crippen LogP contribution is -2.31. The molecular formula is C14H29N. The van der Waals surface area contributed by atoms with Gasteiger partial charge < -0.3 is 5.73 Å². The van der Waals surface area contributed by atoms with Crippen molar-refractivity contribution < 1.29 is 0 Å². The van der Waals surface area contributed by atoms with E-state index in [1.165, 1.54) is 38.5 Å². The molecule has 4 atom stereocenters. The number of hydrogen-bond acceptors (Lipinski definition) is 1. The van der Waals surface area contributed by atoms with Crippen LogP contribution in [0.3, 0.4) is 0 Å². The van der Waals surface area contributed by atoms with Crippen molar-refractivity contribution in [1.82, 2.24) is 0 Å². The van der Waals surface area contributed by atoms with Crippen LogP contribution in [-0.2, 0) is 0 Å². The van der Waals surface area contributed by atoms with Gasteiger partial charge in [0.15, 0.2) is 0 Å². The van der Waals surface area contributed by atoms with E-state index < -0.39 is 0 Å². The van der Waals surface area contributed by atoms with Crippen LogP contribution in [0.1, 0.15) is 59.3 Å². The first kappa shape index (κ1) is 13.0. The molecule has 0 bridgehead atoms. The fraction of sp³-hybridized carbons (Fsp3) is 1.00. The van der Waals surface area contributed by atoms with Gasteiger partial charge in [0.2, 0.25) is 0 Å². The Labute approximate surface area is 95.8 Å². The van der Waals surface area contributed by atoms with Gasteiger partial charge >= 0.3 is 0 Å². The third-order valence-corrected chi connectivity index (χ3v) is 4.45. The minimum atomic E-state index is 0.842. The van der Waals surface area contributed by atoms with E-state index in [1.54, 1.807) is 0 Å².